The van der Waals surface area contributed by atoms with Crippen LogP contribution in [0.3, 0.4) is 0 Å². The Labute approximate surface area is 127 Å². The van der Waals surface area contributed by atoms with Crippen LogP contribution >= 0.6 is 0 Å². The predicted octanol–water partition coefficient (Wildman–Crippen LogP) is 4.24. The van der Waals surface area contributed by atoms with Crippen molar-refractivity contribution in [3.63, 3.8) is 0 Å². The highest BCUT2D eigenvalue weighted by Gasteiger charge is 2.44. The Morgan fingerprint density at radius 3 is 2.43 bits per heavy atom. The molecule has 116 valence electrons. The van der Waals surface area contributed by atoms with E-state index in [-0.39, 0.29) is 5.41 Å². The van der Waals surface area contributed by atoms with E-state index in [1.54, 1.807) is 0 Å². The van der Waals surface area contributed by atoms with E-state index in [2.05, 4.69) is 25.8 Å². The summed E-state index contributed by atoms with van der Waals surface area (Å²) in [4.78, 5) is 16.4. The van der Waals surface area contributed by atoms with E-state index >= 15 is 0 Å². The van der Waals surface area contributed by atoms with E-state index in [1.165, 1.54) is 0 Å². The lowest BCUT2D eigenvalue weighted by Crippen LogP contribution is -2.40. The molecule has 21 heavy (non-hydrogen) atoms. The Morgan fingerprint density at radius 1 is 1.33 bits per heavy atom. The van der Waals surface area contributed by atoms with E-state index in [1.807, 2.05) is 25.1 Å². The van der Waals surface area contributed by atoms with Crippen LogP contribution < -0.4 is 0 Å². The molecule has 0 aromatic carbocycles. The van der Waals surface area contributed by atoms with Crippen LogP contribution in [0.4, 0.5) is 0 Å². The first-order valence-electron chi connectivity index (χ1n) is 7.89. The lowest BCUT2D eigenvalue weighted by atomic mass is 9.62. The van der Waals surface area contributed by atoms with Gasteiger partial charge in [-0.1, -0.05) is 26.8 Å². The maximum atomic E-state index is 11.9. The van der Waals surface area contributed by atoms with Gasteiger partial charge in [0.2, 0.25) is 0 Å². The Morgan fingerprint density at radius 2 is 1.95 bits per heavy atom. The molecular weight excluding hydrogens is 262 g/mol. The van der Waals surface area contributed by atoms with Gasteiger partial charge in [-0.15, -0.1) is 0 Å². The molecule has 1 fully saturated rings. The number of carbonyl (C=O) groups is 1. The van der Waals surface area contributed by atoms with Gasteiger partial charge in [-0.25, -0.2) is 0 Å². The summed E-state index contributed by atoms with van der Waals surface area (Å²) in [5.74, 6) is -0.0337. The SMILES string of the molecule is Cc1cccc(CC2(C(=O)O)CCC(C(C)(C)C)CC2)n1. The van der Waals surface area contributed by atoms with Crippen molar-refractivity contribution in [3.8, 4) is 0 Å². The van der Waals surface area contributed by atoms with Crippen molar-refractivity contribution in [2.75, 3.05) is 0 Å². The fourth-order valence-electron chi connectivity index (χ4n) is 3.55. The van der Waals surface area contributed by atoms with Crippen LogP contribution in [0.15, 0.2) is 18.2 Å². The molecule has 1 saturated carbocycles. The summed E-state index contributed by atoms with van der Waals surface area (Å²) in [6, 6.07) is 5.87. The van der Waals surface area contributed by atoms with Crippen LogP contribution in [0.1, 0.15) is 57.8 Å². The molecule has 0 spiro atoms. The van der Waals surface area contributed by atoms with E-state index < -0.39 is 11.4 Å². The highest BCUT2D eigenvalue weighted by atomic mass is 16.4. The van der Waals surface area contributed by atoms with Gasteiger partial charge in [-0.2, -0.15) is 0 Å². The molecule has 1 aromatic heterocycles. The number of nitrogens with zero attached hydrogens (tertiary/aromatic N) is 1. The Hall–Kier alpha value is -1.38. The molecule has 3 nitrogen and oxygen atoms in total. The number of aromatic nitrogens is 1. The second-order valence-electron chi connectivity index (χ2n) is 7.67. The quantitative estimate of drug-likeness (QED) is 0.905. The van der Waals surface area contributed by atoms with Crippen LogP contribution in [0.2, 0.25) is 0 Å². The summed E-state index contributed by atoms with van der Waals surface area (Å²) in [5.41, 5.74) is 1.51. The van der Waals surface area contributed by atoms with Gasteiger partial charge in [-0.05, 0) is 56.1 Å². The predicted molar refractivity (Wildman–Crippen MR) is 84.2 cm³/mol. The second kappa shape index (κ2) is 5.78. The molecule has 1 heterocycles. The summed E-state index contributed by atoms with van der Waals surface area (Å²) in [6.07, 6.45) is 4.09. The Balaban J connectivity index is 2.15. The number of carboxylic acid groups (broad SMARTS) is 1. The number of aryl methyl sites for hydroxylation is 1. The summed E-state index contributed by atoms with van der Waals surface area (Å²) in [6.45, 7) is 8.72. The van der Waals surface area contributed by atoms with E-state index in [0.717, 1.165) is 37.1 Å². The number of aliphatic carboxylic acids is 1. The fraction of sp³-hybridized carbons (Fsp3) is 0.667. The van der Waals surface area contributed by atoms with Crippen LogP contribution in [0.5, 0.6) is 0 Å². The van der Waals surface area contributed by atoms with Crippen LogP contribution in [-0.2, 0) is 11.2 Å². The second-order valence-corrected chi connectivity index (χ2v) is 7.67. The Kier molecular flexibility index (Phi) is 4.40. The zero-order valence-electron chi connectivity index (χ0n) is 13.6. The number of hydrogen-bond donors (Lipinski definition) is 1. The van der Waals surface area contributed by atoms with Crippen LogP contribution in [-0.4, -0.2) is 16.1 Å². The molecule has 1 aliphatic rings. The zero-order valence-corrected chi connectivity index (χ0v) is 13.6. The van der Waals surface area contributed by atoms with Crippen molar-refractivity contribution < 1.29 is 9.90 Å². The van der Waals surface area contributed by atoms with Crippen LogP contribution in [0.25, 0.3) is 0 Å². The van der Waals surface area contributed by atoms with Gasteiger partial charge >= 0.3 is 5.97 Å². The first kappa shape index (κ1) is 16.0. The smallest absolute Gasteiger partial charge is 0.310 e. The average Bonchev–Trinajstić information content (AvgIpc) is 2.38. The first-order valence-corrected chi connectivity index (χ1v) is 7.89. The molecule has 0 aliphatic heterocycles. The summed E-state index contributed by atoms with van der Waals surface area (Å²) >= 11 is 0. The molecule has 1 aromatic rings. The molecule has 1 aliphatic carbocycles. The molecule has 0 bridgehead atoms. The minimum absolute atomic E-state index is 0.270. The largest absolute Gasteiger partial charge is 0.481 e. The van der Waals surface area contributed by atoms with Gasteiger partial charge in [0.1, 0.15) is 0 Å². The van der Waals surface area contributed by atoms with E-state index in [0.29, 0.717) is 12.3 Å². The number of carboxylic acids is 1. The standard InChI is InChI=1S/C18H27NO2/c1-13-6-5-7-15(19-13)12-18(16(20)21)10-8-14(9-11-18)17(2,3)4/h5-7,14H,8-12H2,1-4H3,(H,20,21). The van der Waals surface area contributed by atoms with Gasteiger partial charge in [0.25, 0.3) is 0 Å². The van der Waals surface area contributed by atoms with Gasteiger partial charge < -0.3 is 5.11 Å². The molecule has 3 heteroatoms. The highest BCUT2D eigenvalue weighted by molar-refractivity contribution is 5.75. The molecule has 1 N–H and O–H groups in total. The molecule has 0 amide bonds. The third kappa shape index (κ3) is 3.63. The maximum Gasteiger partial charge on any atom is 0.310 e. The molecule has 0 unspecified atom stereocenters. The van der Waals surface area contributed by atoms with Gasteiger partial charge in [-0.3, -0.25) is 9.78 Å². The van der Waals surface area contributed by atoms with Crippen molar-refractivity contribution in [1.82, 2.24) is 4.98 Å². The van der Waals surface area contributed by atoms with Crippen molar-refractivity contribution in [2.45, 2.75) is 59.8 Å². The van der Waals surface area contributed by atoms with Gasteiger partial charge in [0.05, 0.1) is 5.41 Å². The molecular formula is C18H27NO2. The maximum absolute atomic E-state index is 11.9. The topological polar surface area (TPSA) is 50.2 Å². The summed E-state index contributed by atoms with van der Waals surface area (Å²) in [7, 11) is 0. The van der Waals surface area contributed by atoms with Crippen molar-refractivity contribution >= 4 is 5.97 Å². The van der Waals surface area contributed by atoms with Crippen LogP contribution in [0, 0.1) is 23.7 Å². The average molecular weight is 289 g/mol. The van der Waals surface area contributed by atoms with Crippen molar-refractivity contribution in [2.24, 2.45) is 16.7 Å². The lowest BCUT2D eigenvalue weighted by Gasteiger charge is -2.41. The molecule has 2 rings (SSSR count). The molecule has 0 atom stereocenters. The summed E-state index contributed by atoms with van der Waals surface area (Å²) in [5, 5.41) is 9.78. The number of rotatable bonds is 3. The van der Waals surface area contributed by atoms with Gasteiger partial charge in [0.15, 0.2) is 0 Å². The zero-order chi connectivity index (χ0) is 15.7. The third-order valence-electron chi connectivity index (χ3n) is 5.09. The highest BCUT2D eigenvalue weighted by Crippen LogP contribution is 2.46. The fourth-order valence-corrected chi connectivity index (χ4v) is 3.55. The Bertz CT molecular complexity index is 508. The lowest BCUT2D eigenvalue weighted by molar-refractivity contribution is -0.152. The number of pyridine rings is 1. The van der Waals surface area contributed by atoms with Gasteiger partial charge in [0, 0.05) is 17.8 Å². The first-order chi connectivity index (χ1) is 9.73. The summed E-state index contributed by atoms with van der Waals surface area (Å²) < 4.78 is 0. The minimum atomic E-state index is -0.654. The normalized spacial score (nSPS) is 26.6. The van der Waals surface area contributed by atoms with E-state index in [9.17, 15) is 9.90 Å². The third-order valence-corrected chi connectivity index (χ3v) is 5.09. The minimum Gasteiger partial charge on any atom is -0.481 e. The monoisotopic (exact) mass is 289 g/mol. The van der Waals surface area contributed by atoms with E-state index in [4.69, 9.17) is 0 Å². The van der Waals surface area contributed by atoms with Crippen molar-refractivity contribution in [3.05, 3.63) is 29.6 Å². The number of hydrogen-bond acceptors (Lipinski definition) is 2. The van der Waals surface area contributed by atoms with Crippen molar-refractivity contribution in [1.29, 1.82) is 0 Å². The molecule has 0 saturated heterocycles. The molecule has 0 radical (unpaired) electrons.